The van der Waals surface area contributed by atoms with Crippen LogP contribution in [0.4, 0.5) is 24.7 Å². The van der Waals surface area contributed by atoms with E-state index < -0.39 is 11.7 Å². The summed E-state index contributed by atoms with van der Waals surface area (Å²) >= 11 is 5.67. The first-order valence-electron chi connectivity index (χ1n) is 8.51. The van der Waals surface area contributed by atoms with Gasteiger partial charge in [0.15, 0.2) is 11.5 Å². The highest BCUT2D eigenvalue weighted by molar-refractivity contribution is 6.30. The number of piperidine rings is 1. The lowest BCUT2D eigenvalue weighted by Gasteiger charge is -2.30. The smallest absolute Gasteiger partial charge is 0.338 e. The van der Waals surface area contributed by atoms with E-state index in [0.29, 0.717) is 19.0 Å². The third kappa shape index (κ3) is 4.68. The van der Waals surface area contributed by atoms with E-state index >= 15 is 0 Å². The number of nitrogens with zero attached hydrogens (tertiary/aromatic N) is 3. The Hall–Kier alpha value is -2.35. The average molecular weight is 399 g/mol. The Morgan fingerprint density at radius 2 is 2.04 bits per heavy atom. The van der Waals surface area contributed by atoms with Crippen LogP contribution in [0.25, 0.3) is 0 Å². The van der Waals surface area contributed by atoms with Crippen molar-refractivity contribution in [3.63, 3.8) is 0 Å². The second kappa shape index (κ2) is 7.72. The monoisotopic (exact) mass is 398 g/mol. The van der Waals surface area contributed by atoms with Crippen molar-refractivity contribution in [3.8, 4) is 0 Å². The van der Waals surface area contributed by atoms with E-state index in [1.54, 1.807) is 4.90 Å². The molecule has 1 aromatic carbocycles. The predicted molar refractivity (Wildman–Crippen MR) is 96.1 cm³/mol. The number of hydrogen-bond donors (Lipinski definition) is 1. The van der Waals surface area contributed by atoms with Gasteiger partial charge in [-0.3, -0.25) is 4.79 Å². The molecule has 0 bridgehead atoms. The molecule has 144 valence electrons. The summed E-state index contributed by atoms with van der Waals surface area (Å²) in [5.74, 6) is 0.316. The van der Waals surface area contributed by atoms with Gasteiger partial charge in [0.25, 0.3) is 5.91 Å². The molecule has 0 aliphatic carbocycles. The molecule has 2 aromatic rings. The molecule has 1 unspecified atom stereocenters. The second-order valence-electron chi connectivity index (χ2n) is 6.62. The number of rotatable bonds is 3. The Labute approximate surface area is 159 Å². The summed E-state index contributed by atoms with van der Waals surface area (Å²) in [4.78, 5) is 14.2. The van der Waals surface area contributed by atoms with E-state index in [9.17, 15) is 18.0 Å². The molecule has 5 nitrogen and oxygen atoms in total. The van der Waals surface area contributed by atoms with Gasteiger partial charge in [0, 0.05) is 18.1 Å². The van der Waals surface area contributed by atoms with E-state index in [1.165, 1.54) is 24.3 Å². The normalized spacial score (nSPS) is 17.7. The number of aromatic nitrogens is 2. The van der Waals surface area contributed by atoms with Crippen molar-refractivity contribution in [1.82, 2.24) is 15.1 Å². The van der Waals surface area contributed by atoms with Crippen LogP contribution in [-0.4, -0.2) is 34.1 Å². The summed E-state index contributed by atoms with van der Waals surface area (Å²) in [6.45, 7) is 3.42. The first kappa shape index (κ1) is 19.4. The zero-order valence-corrected chi connectivity index (χ0v) is 15.3. The number of carbonyl (C=O) groups is 1. The molecule has 1 fully saturated rings. The van der Waals surface area contributed by atoms with Gasteiger partial charge in [-0.2, -0.15) is 13.2 Å². The molecule has 1 aliphatic heterocycles. The summed E-state index contributed by atoms with van der Waals surface area (Å²) in [5, 5.41) is 10.3. The fourth-order valence-electron chi connectivity index (χ4n) is 3.05. The molecular formula is C18H18ClF3N4O. The van der Waals surface area contributed by atoms with Crippen molar-refractivity contribution in [2.45, 2.75) is 25.9 Å². The molecule has 3 rings (SSSR count). The lowest BCUT2D eigenvalue weighted by Crippen LogP contribution is -2.39. The SMILES string of the molecule is CC1CCCN(C(=O)c2ccc(Nc3ccc(Cl)cc3C(F)(F)F)nn2)C1. The van der Waals surface area contributed by atoms with Gasteiger partial charge in [0.05, 0.1) is 11.3 Å². The topological polar surface area (TPSA) is 58.1 Å². The molecular weight excluding hydrogens is 381 g/mol. The number of nitrogens with one attached hydrogen (secondary N) is 1. The minimum absolute atomic E-state index is 0.0179. The quantitative estimate of drug-likeness (QED) is 0.809. The molecule has 27 heavy (non-hydrogen) atoms. The Bertz CT molecular complexity index is 826. The van der Waals surface area contributed by atoms with Gasteiger partial charge >= 0.3 is 6.18 Å². The third-order valence-electron chi connectivity index (χ3n) is 4.38. The molecule has 0 saturated carbocycles. The number of anilines is 2. The fraction of sp³-hybridized carbons (Fsp3) is 0.389. The van der Waals surface area contributed by atoms with Gasteiger partial charge in [0.2, 0.25) is 0 Å². The first-order valence-corrected chi connectivity index (χ1v) is 8.88. The lowest BCUT2D eigenvalue weighted by molar-refractivity contribution is -0.136. The summed E-state index contributed by atoms with van der Waals surface area (Å²) in [6, 6.07) is 6.30. The maximum atomic E-state index is 13.2. The number of likely N-dealkylation sites (tertiary alicyclic amines) is 1. The van der Waals surface area contributed by atoms with Gasteiger partial charge in [0.1, 0.15) is 0 Å². The van der Waals surface area contributed by atoms with Crippen LogP contribution in [0.15, 0.2) is 30.3 Å². The van der Waals surface area contributed by atoms with Crippen molar-refractivity contribution in [2.75, 3.05) is 18.4 Å². The Morgan fingerprint density at radius 3 is 2.67 bits per heavy atom. The van der Waals surface area contributed by atoms with E-state index in [1.807, 2.05) is 0 Å². The maximum Gasteiger partial charge on any atom is 0.418 e. The number of carbonyl (C=O) groups excluding carboxylic acids is 1. The Kier molecular flexibility index (Phi) is 5.55. The molecule has 1 aliphatic rings. The highest BCUT2D eigenvalue weighted by Gasteiger charge is 2.34. The highest BCUT2D eigenvalue weighted by Crippen LogP contribution is 2.37. The first-order chi connectivity index (χ1) is 12.7. The fourth-order valence-corrected chi connectivity index (χ4v) is 3.22. The van der Waals surface area contributed by atoms with Crippen LogP contribution >= 0.6 is 11.6 Å². The number of hydrogen-bond acceptors (Lipinski definition) is 4. The molecule has 1 atom stereocenters. The van der Waals surface area contributed by atoms with E-state index in [2.05, 4.69) is 22.4 Å². The standard InChI is InChI=1S/C18H18ClF3N4O/c1-11-3-2-8-26(10-11)17(27)15-6-7-16(25-24-15)23-14-5-4-12(19)9-13(14)18(20,21)22/h4-7,9,11H,2-3,8,10H2,1H3,(H,23,25). The second-order valence-corrected chi connectivity index (χ2v) is 7.05. The Balaban J connectivity index is 1.76. The largest absolute Gasteiger partial charge is 0.418 e. The summed E-state index contributed by atoms with van der Waals surface area (Å²) < 4.78 is 39.5. The van der Waals surface area contributed by atoms with Crippen molar-refractivity contribution < 1.29 is 18.0 Å². The molecule has 1 amide bonds. The zero-order valence-electron chi connectivity index (χ0n) is 14.6. The molecule has 1 N–H and O–H groups in total. The van der Waals surface area contributed by atoms with Crippen LogP contribution in [0.5, 0.6) is 0 Å². The molecule has 2 heterocycles. The third-order valence-corrected chi connectivity index (χ3v) is 4.61. The minimum Gasteiger partial charge on any atom is -0.338 e. The van der Waals surface area contributed by atoms with Crippen LogP contribution in [0, 0.1) is 5.92 Å². The van der Waals surface area contributed by atoms with Crippen LogP contribution in [0.1, 0.15) is 35.8 Å². The van der Waals surface area contributed by atoms with E-state index in [0.717, 1.165) is 18.9 Å². The van der Waals surface area contributed by atoms with Gasteiger partial charge in [-0.05, 0) is 49.1 Å². The van der Waals surface area contributed by atoms with Crippen LogP contribution in [-0.2, 0) is 6.18 Å². The van der Waals surface area contributed by atoms with Gasteiger partial charge in [-0.25, -0.2) is 0 Å². The lowest BCUT2D eigenvalue weighted by atomic mass is 10.00. The summed E-state index contributed by atoms with van der Waals surface area (Å²) in [5.41, 5.74) is -0.925. The zero-order chi connectivity index (χ0) is 19.6. The highest BCUT2D eigenvalue weighted by atomic mass is 35.5. The molecule has 0 radical (unpaired) electrons. The Morgan fingerprint density at radius 1 is 1.26 bits per heavy atom. The van der Waals surface area contributed by atoms with Crippen molar-refractivity contribution in [1.29, 1.82) is 0 Å². The van der Waals surface area contributed by atoms with Crippen molar-refractivity contribution in [3.05, 3.63) is 46.6 Å². The number of alkyl halides is 3. The van der Waals surface area contributed by atoms with E-state index in [-0.39, 0.29) is 28.1 Å². The molecule has 0 spiro atoms. The van der Waals surface area contributed by atoms with Crippen LogP contribution in [0.3, 0.4) is 0 Å². The molecule has 1 saturated heterocycles. The number of amides is 1. The van der Waals surface area contributed by atoms with Crippen molar-refractivity contribution >= 4 is 29.0 Å². The van der Waals surface area contributed by atoms with Gasteiger partial charge in [-0.1, -0.05) is 18.5 Å². The number of halogens is 4. The van der Waals surface area contributed by atoms with Gasteiger partial charge < -0.3 is 10.2 Å². The number of benzene rings is 1. The summed E-state index contributed by atoms with van der Waals surface area (Å²) in [7, 11) is 0. The van der Waals surface area contributed by atoms with Crippen LogP contribution < -0.4 is 5.32 Å². The van der Waals surface area contributed by atoms with Crippen LogP contribution in [0.2, 0.25) is 5.02 Å². The van der Waals surface area contributed by atoms with E-state index in [4.69, 9.17) is 11.6 Å². The molecule has 1 aromatic heterocycles. The molecule has 9 heteroatoms. The maximum absolute atomic E-state index is 13.2. The summed E-state index contributed by atoms with van der Waals surface area (Å²) in [6.07, 6.45) is -2.54. The predicted octanol–water partition coefficient (Wildman–Crippen LogP) is 4.76. The minimum atomic E-state index is -4.57. The average Bonchev–Trinajstić information content (AvgIpc) is 2.62. The van der Waals surface area contributed by atoms with Gasteiger partial charge in [-0.15, -0.1) is 10.2 Å². The van der Waals surface area contributed by atoms with Crippen molar-refractivity contribution in [2.24, 2.45) is 5.92 Å².